The van der Waals surface area contributed by atoms with E-state index in [1.807, 2.05) is 22.3 Å². The summed E-state index contributed by atoms with van der Waals surface area (Å²) in [6.07, 6.45) is 6.32. The molecule has 18 heteroatoms. The Bertz CT molecular complexity index is 2870. The lowest BCUT2D eigenvalue weighted by atomic mass is 9.84. The SMILES string of the molecule is COC(=O)N[C@@H](CCSC)C(=O)N1CSC[C@H]1c1nc2ccc(-c3cc4ccc3CCc3ccc(c(-c5ccc6nc([C@@H]7CSCN7C(=O)[C@H](CCSC)NC(=O)OC)[nH]c6c5)c3)C[C@H]4C)cc2[nH]1. The van der Waals surface area contributed by atoms with Crippen LogP contribution in [-0.2, 0) is 38.3 Å². The topological polar surface area (TPSA) is 175 Å². The summed E-state index contributed by atoms with van der Waals surface area (Å²) in [5.74, 6) is 5.36. The quantitative estimate of drug-likeness (QED) is 0.0816. The summed E-state index contributed by atoms with van der Waals surface area (Å²) in [6, 6.07) is 24.9. The zero-order valence-corrected chi connectivity index (χ0v) is 42.7. The first-order valence-corrected chi connectivity index (χ1v) is 28.3. The van der Waals surface area contributed by atoms with E-state index in [2.05, 4.69) is 100 Å². The summed E-state index contributed by atoms with van der Waals surface area (Å²) in [5, 5.41) is 5.51. The lowest BCUT2D eigenvalue weighted by Crippen LogP contribution is -2.48. The van der Waals surface area contributed by atoms with Crippen molar-refractivity contribution in [1.29, 1.82) is 0 Å². The van der Waals surface area contributed by atoms with Crippen molar-refractivity contribution in [2.24, 2.45) is 0 Å². The van der Waals surface area contributed by atoms with Crippen molar-refractivity contribution in [1.82, 2.24) is 40.4 Å². The zero-order chi connectivity index (χ0) is 48.2. The Kier molecular flexibility index (Phi) is 15.4. The van der Waals surface area contributed by atoms with Gasteiger partial charge in [0.15, 0.2) is 0 Å². The molecule has 4 heterocycles. The second-order valence-corrected chi connectivity index (χ2v) is 21.8. The standard InChI is InChI=1S/C51H58N8O6S4/c1-29-20-33-9-7-30(21-36(33)34-12-14-38-42(23-34)54-46(52-38)44-25-68-27-58(44)48(60)40(16-18-66-4)56-50(62)64-2)6-8-31-10-11-32(29)22-37(31)35-13-15-39-43(24-35)55-47(53-39)45-26-69-28-59(45)49(61)41(17-19-67-5)57-51(63)65-3/h7,9-15,21-24,29,40-41,44-45H,6,8,16-20,25-28H2,1-5H3,(H,52,54)(H,53,55)(H,56,62)(H,57,63)/t29-,40+,41+,44+,45+/m1/s1. The number of aryl methyl sites for hydroxylation is 2. The van der Waals surface area contributed by atoms with Crippen molar-refractivity contribution >= 4 is 93.1 Å². The second kappa shape index (κ2) is 21.8. The highest BCUT2D eigenvalue weighted by Gasteiger charge is 2.38. The average molecular weight is 1010 g/mol. The third-order valence-electron chi connectivity index (χ3n) is 13.4. The first-order valence-electron chi connectivity index (χ1n) is 23.2. The molecule has 362 valence electrons. The average Bonchev–Trinajstić information content (AvgIpc) is 4.21. The maximum atomic E-state index is 13.9. The van der Waals surface area contributed by atoms with Crippen LogP contribution in [0.2, 0.25) is 0 Å². The molecule has 14 nitrogen and oxygen atoms in total. The van der Waals surface area contributed by atoms with E-state index in [1.165, 1.54) is 47.6 Å². The van der Waals surface area contributed by atoms with Crippen molar-refractivity contribution in [3.05, 3.63) is 107 Å². The molecule has 12 rings (SSSR count). The number of aromatic amines is 2. The predicted octanol–water partition coefficient (Wildman–Crippen LogP) is 9.32. The van der Waals surface area contributed by atoms with Crippen LogP contribution in [0.25, 0.3) is 44.3 Å². The van der Waals surface area contributed by atoms with Crippen LogP contribution < -0.4 is 10.6 Å². The summed E-state index contributed by atoms with van der Waals surface area (Å²) in [7, 11) is 2.62. The number of alkyl carbamates (subject to hydrolysis) is 2. The van der Waals surface area contributed by atoms with Gasteiger partial charge in [-0.3, -0.25) is 9.59 Å². The van der Waals surface area contributed by atoms with Crippen molar-refractivity contribution < 1.29 is 28.7 Å². The van der Waals surface area contributed by atoms with Crippen molar-refractivity contribution in [2.75, 3.05) is 61.5 Å². The van der Waals surface area contributed by atoms with Crippen molar-refractivity contribution in [3.8, 4) is 22.3 Å². The normalized spacial score (nSPS) is 18.8. The number of carbonyl (C=O) groups is 4. The molecule has 0 spiro atoms. The van der Waals surface area contributed by atoms with Gasteiger partial charge in [-0.2, -0.15) is 23.5 Å². The van der Waals surface area contributed by atoms with Gasteiger partial charge in [0.25, 0.3) is 0 Å². The Morgan fingerprint density at radius 1 is 0.696 bits per heavy atom. The van der Waals surface area contributed by atoms with Crippen molar-refractivity contribution in [3.63, 3.8) is 0 Å². The maximum Gasteiger partial charge on any atom is 0.407 e. The molecule has 4 amide bonds. The zero-order valence-electron chi connectivity index (χ0n) is 39.5. The Balaban J connectivity index is 0.947. The number of benzene rings is 4. The molecule has 2 aromatic heterocycles. The van der Waals surface area contributed by atoms with Crippen LogP contribution in [0.5, 0.6) is 0 Å². The number of imidazole rings is 2. The van der Waals surface area contributed by atoms with Gasteiger partial charge in [0.2, 0.25) is 11.8 Å². The summed E-state index contributed by atoms with van der Waals surface area (Å²) < 4.78 is 9.69. The molecule has 4 aromatic carbocycles. The summed E-state index contributed by atoms with van der Waals surface area (Å²) >= 11 is 6.63. The fourth-order valence-electron chi connectivity index (χ4n) is 9.61. The van der Waals surface area contributed by atoms with Gasteiger partial charge >= 0.3 is 12.2 Å². The van der Waals surface area contributed by atoms with E-state index in [1.54, 1.807) is 47.0 Å². The number of fused-ring (bicyclic) bond motifs is 2. The smallest absolute Gasteiger partial charge is 0.407 e. The minimum absolute atomic E-state index is 0.130. The van der Waals surface area contributed by atoms with E-state index in [9.17, 15) is 19.2 Å². The van der Waals surface area contributed by atoms with Crippen LogP contribution in [0.3, 0.4) is 0 Å². The highest BCUT2D eigenvalue weighted by Crippen LogP contribution is 2.39. The van der Waals surface area contributed by atoms with Crippen LogP contribution >= 0.6 is 47.0 Å². The fourth-order valence-corrected chi connectivity index (χ4v) is 12.9. The van der Waals surface area contributed by atoms with Crippen LogP contribution in [0.15, 0.2) is 72.8 Å². The summed E-state index contributed by atoms with van der Waals surface area (Å²) in [6.45, 7) is 2.30. The third kappa shape index (κ3) is 10.6. The molecule has 2 aliphatic heterocycles. The molecule has 4 N–H and O–H groups in total. The monoisotopic (exact) mass is 1010 g/mol. The number of nitrogens with zero attached hydrogens (tertiary/aromatic N) is 4. The number of ether oxygens (including phenoxy) is 2. The number of nitrogens with one attached hydrogen (secondary N) is 4. The fraction of sp³-hybridized carbons (Fsp3) is 0.412. The molecule has 5 atom stereocenters. The molecular weight excluding hydrogens is 949 g/mol. The van der Waals surface area contributed by atoms with E-state index < -0.39 is 24.3 Å². The van der Waals surface area contributed by atoms with Crippen LogP contribution in [0.4, 0.5) is 9.59 Å². The largest absolute Gasteiger partial charge is 0.453 e. The first kappa shape index (κ1) is 48.7. The van der Waals surface area contributed by atoms with E-state index in [0.717, 1.165) is 75.6 Å². The van der Waals surface area contributed by atoms with Gasteiger partial charge in [0, 0.05) is 11.5 Å². The first-order chi connectivity index (χ1) is 33.5. The number of rotatable bonds is 14. The maximum absolute atomic E-state index is 13.9. The van der Waals surface area contributed by atoms with E-state index in [-0.39, 0.29) is 29.8 Å². The number of methoxy groups -OCH3 is 2. The van der Waals surface area contributed by atoms with E-state index in [0.29, 0.717) is 36.1 Å². The van der Waals surface area contributed by atoms with Gasteiger partial charge in [-0.05, 0) is 131 Å². The highest BCUT2D eigenvalue weighted by molar-refractivity contribution is 7.99. The van der Waals surface area contributed by atoms with Gasteiger partial charge in [0.05, 0.1) is 60.1 Å². The number of hydrogen-bond acceptors (Lipinski definition) is 12. The molecule has 4 aliphatic carbocycles. The summed E-state index contributed by atoms with van der Waals surface area (Å²) in [4.78, 5) is 72.9. The third-order valence-corrected chi connectivity index (χ3v) is 16.8. The number of carbonyl (C=O) groups excluding carboxylic acids is 4. The number of amides is 4. The summed E-state index contributed by atoms with van der Waals surface area (Å²) in [5.41, 5.74) is 13.3. The van der Waals surface area contributed by atoms with Gasteiger partial charge in [-0.15, -0.1) is 23.5 Å². The molecule has 0 saturated carbocycles. The van der Waals surface area contributed by atoms with Gasteiger partial charge in [-0.25, -0.2) is 19.6 Å². The number of hydrogen-bond donors (Lipinski definition) is 4. The van der Waals surface area contributed by atoms with Crippen LogP contribution in [0, 0.1) is 0 Å². The van der Waals surface area contributed by atoms with Gasteiger partial charge in [0.1, 0.15) is 23.7 Å². The van der Waals surface area contributed by atoms with Crippen LogP contribution in [0.1, 0.15) is 71.7 Å². The lowest BCUT2D eigenvalue weighted by molar-refractivity contribution is -0.134. The number of H-pyrrole nitrogens is 2. The molecule has 0 unspecified atom stereocenters. The Labute approximate surface area is 419 Å². The Hall–Kier alpha value is -5.30. The Morgan fingerprint density at radius 3 is 1.74 bits per heavy atom. The van der Waals surface area contributed by atoms with Crippen molar-refractivity contribution in [2.45, 2.75) is 69.1 Å². The lowest BCUT2D eigenvalue weighted by Gasteiger charge is -2.27. The molecule has 2 saturated heterocycles. The minimum Gasteiger partial charge on any atom is -0.453 e. The van der Waals surface area contributed by atoms with Crippen LogP contribution in [-0.4, -0.2) is 127 Å². The second-order valence-electron chi connectivity index (χ2n) is 17.8. The number of aromatic nitrogens is 4. The molecule has 69 heavy (non-hydrogen) atoms. The van der Waals surface area contributed by atoms with E-state index in [4.69, 9.17) is 19.4 Å². The highest BCUT2D eigenvalue weighted by atomic mass is 32.2. The minimum atomic E-state index is -0.678. The van der Waals surface area contributed by atoms with E-state index >= 15 is 0 Å². The molecule has 4 bridgehead atoms. The van der Waals surface area contributed by atoms with Gasteiger partial charge < -0.3 is 39.9 Å². The molecule has 6 aromatic rings. The molecular formula is C51H58N8O6S4. The Morgan fingerprint density at radius 2 is 1.22 bits per heavy atom. The van der Waals surface area contributed by atoms with Gasteiger partial charge in [-0.1, -0.05) is 55.5 Å². The molecule has 0 radical (unpaired) electrons. The molecule has 2 fully saturated rings. The molecule has 6 aliphatic rings. The predicted molar refractivity (Wildman–Crippen MR) is 281 cm³/mol. The number of thioether (sulfide) groups is 4.